The summed E-state index contributed by atoms with van der Waals surface area (Å²) < 4.78 is 0. The first-order valence-corrected chi connectivity index (χ1v) is 7.10. The van der Waals surface area contributed by atoms with E-state index >= 15 is 0 Å². The van der Waals surface area contributed by atoms with Gasteiger partial charge in [0.2, 0.25) is 0 Å². The maximum atomic E-state index is 3.29. The molecule has 0 unspecified atom stereocenters. The zero-order chi connectivity index (χ0) is 13.4. The molecular weight excluding hydrogens is 467 g/mol. The van der Waals surface area contributed by atoms with Gasteiger partial charge >= 0.3 is 26.2 Å². The largest absolute Gasteiger partial charge is 4.00 e. The van der Waals surface area contributed by atoms with E-state index in [2.05, 4.69) is 64.2 Å². The van der Waals surface area contributed by atoms with Crippen LogP contribution in [-0.4, -0.2) is 0 Å². The van der Waals surface area contributed by atoms with Gasteiger partial charge in [0.15, 0.2) is 0 Å². The van der Waals surface area contributed by atoms with E-state index in [1.165, 1.54) is 24.0 Å². The molecule has 3 heteroatoms. The normalized spacial score (nSPS) is 14.6. The minimum absolute atomic E-state index is 0. The van der Waals surface area contributed by atoms with Crippen molar-refractivity contribution >= 4 is 0 Å². The van der Waals surface area contributed by atoms with Gasteiger partial charge in [-0.05, 0) is 11.8 Å². The predicted octanol–water partition coefficient (Wildman–Crippen LogP) is -0.551. The molecule has 0 bridgehead atoms. The van der Waals surface area contributed by atoms with Crippen LogP contribution in [0.5, 0.6) is 0 Å². The van der Waals surface area contributed by atoms with Crippen molar-refractivity contribution in [2.75, 3.05) is 0 Å². The van der Waals surface area contributed by atoms with Gasteiger partial charge in [-0.1, -0.05) is 40.5 Å². The Morgan fingerprint density at radius 3 is 1.33 bits per heavy atom. The molecule has 0 nitrogen and oxygen atoms in total. The zero-order valence-electron chi connectivity index (χ0n) is 13.5. The molecule has 0 saturated heterocycles. The molecule has 0 radical (unpaired) electrons. The Morgan fingerprint density at radius 1 is 0.810 bits per heavy atom. The van der Waals surface area contributed by atoms with E-state index < -0.39 is 0 Å². The van der Waals surface area contributed by atoms with Crippen LogP contribution in [-0.2, 0) is 26.2 Å². The predicted molar refractivity (Wildman–Crippen MR) is 79.9 cm³/mol. The average molecular weight is 493 g/mol. The summed E-state index contributed by atoms with van der Waals surface area (Å²) in [6, 6.07) is 0. The third-order valence-electron chi connectivity index (χ3n) is 2.79. The molecule has 2 rings (SSSR count). The summed E-state index contributed by atoms with van der Waals surface area (Å²) in [5, 5.41) is 0. The second-order valence-corrected chi connectivity index (χ2v) is 5.81. The summed E-state index contributed by atoms with van der Waals surface area (Å²) >= 11 is 0. The molecule has 0 aromatic heterocycles. The molecule has 21 heavy (non-hydrogen) atoms. The topological polar surface area (TPSA) is 0 Å². The van der Waals surface area contributed by atoms with Crippen LogP contribution in [0, 0.1) is 24.0 Å². The first-order chi connectivity index (χ1) is 8.58. The SMILES string of the molecule is CC(C)CC1=[C-]CC=C1.CC(C)CC1=[C-]CC=C1.[Br-].[Br-].[Zr+4]. The summed E-state index contributed by atoms with van der Waals surface area (Å²) in [7, 11) is 0. The Morgan fingerprint density at radius 2 is 1.14 bits per heavy atom. The molecule has 0 aliphatic heterocycles. The van der Waals surface area contributed by atoms with Crippen LogP contribution in [0.4, 0.5) is 0 Å². The van der Waals surface area contributed by atoms with E-state index in [9.17, 15) is 0 Å². The Bertz CT molecular complexity index is 327. The van der Waals surface area contributed by atoms with E-state index in [1.54, 1.807) is 0 Å². The number of rotatable bonds is 4. The Kier molecular flexibility index (Phi) is 19.9. The average Bonchev–Trinajstić information content (AvgIpc) is 2.90. The van der Waals surface area contributed by atoms with Crippen LogP contribution < -0.4 is 34.0 Å². The van der Waals surface area contributed by atoms with Crippen molar-refractivity contribution in [1.82, 2.24) is 0 Å². The fourth-order valence-electron chi connectivity index (χ4n) is 2.06. The van der Waals surface area contributed by atoms with Crippen molar-refractivity contribution < 1.29 is 60.2 Å². The van der Waals surface area contributed by atoms with Crippen molar-refractivity contribution in [1.29, 1.82) is 0 Å². The van der Waals surface area contributed by atoms with Gasteiger partial charge < -0.3 is 34.0 Å². The molecule has 0 atom stereocenters. The Balaban J connectivity index is -0.000000270. The number of halogens is 2. The van der Waals surface area contributed by atoms with Gasteiger partial charge in [0.1, 0.15) is 0 Å². The van der Waals surface area contributed by atoms with Crippen molar-refractivity contribution in [3.63, 3.8) is 0 Å². The molecule has 0 N–H and O–H groups in total. The van der Waals surface area contributed by atoms with Gasteiger partial charge in [-0.15, -0.1) is 12.8 Å². The van der Waals surface area contributed by atoms with Crippen LogP contribution in [0.1, 0.15) is 53.4 Å². The van der Waals surface area contributed by atoms with Crippen LogP contribution in [0.25, 0.3) is 0 Å². The summed E-state index contributed by atoms with van der Waals surface area (Å²) in [4.78, 5) is 0. The monoisotopic (exact) mass is 490 g/mol. The van der Waals surface area contributed by atoms with Gasteiger partial charge in [-0.2, -0.15) is 12.2 Å². The maximum Gasteiger partial charge on any atom is 4.00 e. The molecule has 2 aliphatic carbocycles. The summed E-state index contributed by atoms with van der Waals surface area (Å²) in [6.45, 7) is 8.95. The smallest absolute Gasteiger partial charge is 1.00 e. The van der Waals surface area contributed by atoms with Gasteiger partial charge in [-0.25, -0.2) is 23.3 Å². The summed E-state index contributed by atoms with van der Waals surface area (Å²) in [5.41, 5.74) is 2.79. The molecule has 0 amide bonds. The van der Waals surface area contributed by atoms with Gasteiger partial charge in [0.05, 0.1) is 0 Å². The third kappa shape index (κ3) is 14.1. The van der Waals surface area contributed by atoms with E-state index in [0.717, 1.165) is 24.7 Å². The minimum atomic E-state index is 0. The maximum absolute atomic E-state index is 3.29. The standard InChI is InChI=1S/2C9H13.2BrH.Zr/c2*1-8(2)7-9-5-3-4-6-9;;;/h2*3,5,8H,4,7H2,1-2H3;2*1H;/q2*-1;;;+4/p-2. The van der Waals surface area contributed by atoms with Crippen LogP contribution in [0.2, 0.25) is 0 Å². The second-order valence-electron chi connectivity index (χ2n) is 5.81. The molecule has 0 aromatic carbocycles. The molecule has 0 fully saturated rings. The number of hydrogen-bond donors (Lipinski definition) is 0. The molecule has 0 heterocycles. The van der Waals surface area contributed by atoms with Gasteiger partial charge in [-0.3, -0.25) is 12.2 Å². The molecule has 0 spiro atoms. The first-order valence-electron chi connectivity index (χ1n) is 7.10. The van der Waals surface area contributed by atoms with Gasteiger partial charge in [0, 0.05) is 0 Å². The fourth-order valence-corrected chi connectivity index (χ4v) is 2.06. The number of allylic oxidation sites excluding steroid dienone is 8. The fraction of sp³-hybridized carbons (Fsp3) is 0.556. The van der Waals surface area contributed by atoms with Crippen LogP contribution in [0.15, 0.2) is 35.5 Å². The van der Waals surface area contributed by atoms with Crippen molar-refractivity contribution in [3.8, 4) is 0 Å². The zero-order valence-corrected chi connectivity index (χ0v) is 19.2. The van der Waals surface area contributed by atoms with Crippen LogP contribution in [0.3, 0.4) is 0 Å². The van der Waals surface area contributed by atoms with Crippen LogP contribution >= 0.6 is 0 Å². The summed E-state index contributed by atoms with van der Waals surface area (Å²) in [5.74, 6) is 1.55. The van der Waals surface area contributed by atoms with E-state index in [1.807, 2.05) is 0 Å². The first kappa shape index (κ1) is 26.7. The Hall–Kier alpha value is 0.803. The Labute approximate surface area is 171 Å². The summed E-state index contributed by atoms with van der Waals surface area (Å²) in [6.07, 6.45) is 19.7. The van der Waals surface area contributed by atoms with Crippen molar-refractivity contribution in [2.45, 2.75) is 53.4 Å². The minimum Gasteiger partial charge on any atom is -1.00 e. The second kappa shape index (κ2) is 15.7. The quantitative estimate of drug-likeness (QED) is 0.462. The van der Waals surface area contributed by atoms with Gasteiger partial charge in [0.25, 0.3) is 0 Å². The van der Waals surface area contributed by atoms with Crippen molar-refractivity contribution in [3.05, 3.63) is 47.6 Å². The molecule has 0 saturated carbocycles. The number of hydrogen-bond acceptors (Lipinski definition) is 0. The van der Waals surface area contributed by atoms with E-state index in [4.69, 9.17) is 0 Å². The van der Waals surface area contributed by atoms with E-state index in [0.29, 0.717) is 0 Å². The third-order valence-corrected chi connectivity index (χ3v) is 2.79. The van der Waals surface area contributed by atoms with Crippen molar-refractivity contribution in [2.24, 2.45) is 11.8 Å². The molecular formula is C18H26Br2Zr. The molecule has 0 aromatic rings. The molecule has 2 aliphatic rings. The molecule has 116 valence electrons. The van der Waals surface area contributed by atoms with E-state index in [-0.39, 0.29) is 60.2 Å².